The lowest BCUT2D eigenvalue weighted by atomic mass is 10.2. The van der Waals surface area contributed by atoms with E-state index in [0.717, 1.165) is 5.69 Å². The first-order valence-corrected chi connectivity index (χ1v) is 10.4. The maximum absolute atomic E-state index is 13.0. The first-order chi connectivity index (χ1) is 13.0. The number of hydrogen-bond donors (Lipinski definition) is 1. The van der Waals surface area contributed by atoms with E-state index >= 15 is 0 Å². The molecule has 7 nitrogen and oxygen atoms in total. The van der Waals surface area contributed by atoms with E-state index in [1.165, 1.54) is 35.2 Å². The Morgan fingerprint density at radius 3 is 2.56 bits per heavy atom. The third-order valence-electron chi connectivity index (χ3n) is 4.12. The lowest BCUT2D eigenvalue weighted by molar-refractivity contribution is -0.128. The molecule has 2 amide bonds. The molecule has 1 N–H and O–H groups in total. The molecule has 1 aliphatic heterocycles. The fraction of sp³-hybridized carbons (Fsp3) is 0.412. The van der Waals surface area contributed by atoms with Crippen LogP contribution in [0.25, 0.3) is 0 Å². The van der Waals surface area contributed by atoms with Gasteiger partial charge in [-0.3, -0.25) is 9.59 Å². The maximum Gasteiger partial charge on any atom is 0.233 e. The smallest absolute Gasteiger partial charge is 0.233 e. The van der Waals surface area contributed by atoms with Crippen LogP contribution in [0.2, 0.25) is 0 Å². The van der Waals surface area contributed by atoms with Crippen LogP contribution in [0.4, 0.5) is 15.2 Å². The molecule has 1 aromatic carbocycles. The number of nitrogens with zero attached hydrogens (tertiary/aromatic N) is 4. The van der Waals surface area contributed by atoms with Crippen molar-refractivity contribution in [3.05, 3.63) is 30.1 Å². The third kappa shape index (κ3) is 5.39. The van der Waals surface area contributed by atoms with Gasteiger partial charge in [0.1, 0.15) is 5.82 Å². The quantitative estimate of drug-likeness (QED) is 0.583. The Morgan fingerprint density at radius 1 is 1.19 bits per heavy atom. The molecule has 0 spiro atoms. The van der Waals surface area contributed by atoms with Crippen LogP contribution in [-0.4, -0.2) is 58.8 Å². The number of halogens is 1. The topological polar surface area (TPSA) is 78.4 Å². The van der Waals surface area contributed by atoms with E-state index in [2.05, 4.69) is 20.4 Å². The lowest BCUT2D eigenvalue weighted by Gasteiger charge is -2.36. The van der Waals surface area contributed by atoms with Gasteiger partial charge in [-0.2, -0.15) is 0 Å². The zero-order valence-corrected chi connectivity index (χ0v) is 16.5. The number of amides is 2. The molecule has 0 bridgehead atoms. The zero-order valence-electron chi connectivity index (χ0n) is 14.9. The second kappa shape index (κ2) is 9.14. The van der Waals surface area contributed by atoms with Crippen molar-refractivity contribution in [1.29, 1.82) is 0 Å². The van der Waals surface area contributed by atoms with Gasteiger partial charge in [0.05, 0.1) is 5.75 Å². The Morgan fingerprint density at radius 2 is 1.89 bits per heavy atom. The van der Waals surface area contributed by atoms with Gasteiger partial charge in [-0.25, -0.2) is 4.39 Å². The molecular weight excluding hydrogens is 389 g/mol. The van der Waals surface area contributed by atoms with E-state index in [-0.39, 0.29) is 23.4 Å². The van der Waals surface area contributed by atoms with Crippen LogP contribution in [-0.2, 0) is 9.59 Å². The van der Waals surface area contributed by atoms with Gasteiger partial charge in [0.15, 0.2) is 4.34 Å². The standard InChI is InChI=1S/C17H20FN5O2S2/c1-2-14(24)19-16-20-21-17(27-16)26-11-15(25)23-9-7-22(8-10-23)13-5-3-12(18)4-6-13/h3-6H,2,7-11H2,1H3,(H,19,20,24). The van der Waals surface area contributed by atoms with E-state index in [1.807, 2.05) is 4.90 Å². The molecule has 144 valence electrons. The summed E-state index contributed by atoms with van der Waals surface area (Å²) < 4.78 is 13.7. The normalized spacial score (nSPS) is 14.3. The number of anilines is 2. The Bertz CT molecular complexity index is 791. The van der Waals surface area contributed by atoms with Gasteiger partial charge >= 0.3 is 0 Å². The molecule has 0 radical (unpaired) electrons. The van der Waals surface area contributed by atoms with Crippen molar-refractivity contribution in [2.45, 2.75) is 17.7 Å². The van der Waals surface area contributed by atoms with Crippen molar-refractivity contribution in [1.82, 2.24) is 15.1 Å². The number of carbonyl (C=O) groups is 2. The zero-order chi connectivity index (χ0) is 19.2. The third-order valence-corrected chi connectivity index (χ3v) is 6.07. The van der Waals surface area contributed by atoms with E-state index in [4.69, 9.17) is 0 Å². The van der Waals surface area contributed by atoms with Crippen LogP contribution in [0.15, 0.2) is 28.6 Å². The molecule has 27 heavy (non-hydrogen) atoms. The SMILES string of the molecule is CCC(=O)Nc1nnc(SCC(=O)N2CCN(c3ccc(F)cc3)CC2)s1. The Kier molecular flexibility index (Phi) is 6.62. The van der Waals surface area contributed by atoms with Gasteiger partial charge in [0.2, 0.25) is 16.9 Å². The summed E-state index contributed by atoms with van der Waals surface area (Å²) >= 11 is 2.59. The summed E-state index contributed by atoms with van der Waals surface area (Å²) in [7, 11) is 0. The number of nitrogens with one attached hydrogen (secondary N) is 1. The highest BCUT2D eigenvalue weighted by molar-refractivity contribution is 8.01. The summed E-state index contributed by atoms with van der Waals surface area (Å²) in [6.07, 6.45) is 0.379. The summed E-state index contributed by atoms with van der Waals surface area (Å²) in [5.41, 5.74) is 0.966. The minimum absolute atomic E-state index is 0.0492. The minimum atomic E-state index is -0.251. The average molecular weight is 410 g/mol. The van der Waals surface area contributed by atoms with Crippen LogP contribution in [0, 0.1) is 5.82 Å². The van der Waals surface area contributed by atoms with Gasteiger partial charge < -0.3 is 15.1 Å². The number of carbonyl (C=O) groups excluding carboxylic acids is 2. The van der Waals surface area contributed by atoms with Gasteiger partial charge in [0.25, 0.3) is 0 Å². The van der Waals surface area contributed by atoms with E-state index in [1.54, 1.807) is 19.1 Å². The molecule has 0 atom stereocenters. The molecule has 0 saturated carbocycles. The molecule has 10 heteroatoms. The van der Waals surface area contributed by atoms with Crippen molar-refractivity contribution in [3.8, 4) is 0 Å². The molecule has 1 saturated heterocycles. The fourth-order valence-corrected chi connectivity index (χ4v) is 4.28. The highest BCUT2D eigenvalue weighted by Crippen LogP contribution is 2.26. The minimum Gasteiger partial charge on any atom is -0.368 e. The fourth-order valence-electron chi connectivity index (χ4n) is 2.61. The van der Waals surface area contributed by atoms with Gasteiger partial charge in [-0.15, -0.1) is 10.2 Å². The average Bonchev–Trinajstić information content (AvgIpc) is 3.14. The predicted octanol–water partition coefficient (Wildman–Crippen LogP) is 2.47. The summed E-state index contributed by atoms with van der Waals surface area (Å²) in [5, 5.41) is 11.0. The summed E-state index contributed by atoms with van der Waals surface area (Å²) in [4.78, 5) is 27.7. The molecule has 3 rings (SSSR count). The number of aromatic nitrogens is 2. The van der Waals surface area contributed by atoms with Gasteiger partial charge in [-0.05, 0) is 24.3 Å². The molecule has 0 aliphatic carbocycles. The second-order valence-corrected chi connectivity index (χ2v) is 8.11. The van der Waals surface area contributed by atoms with Crippen molar-refractivity contribution >= 4 is 45.7 Å². The predicted molar refractivity (Wildman–Crippen MR) is 105 cm³/mol. The van der Waals surface area contributed by atoms with E-state index in [0.29, 0.717) is 42.1 Å². The number of hydrogen-bond acceptors (Lipinski definition) is 7. The molecule has 1 fully saturated rings. The number of thioether (sulfide) groups is 1. The first kappa shape index (κ1) is 19.6. The van der Waals surface area contributed by atoms with E-state index < -0.39 is 0 Å². The molecule has 2 aromatic rings. The Hall–Kier alpha value is -2.20. The van der Waals surface area contributed by atoms with Crippen molar-refractivity contribution in [2.75, 3.05) is 42.1 Å². The molecule has 0 unspecified atom stereocenters. The van der Waals surface area contributed by atoms with Crippen molar-refractivity contribution in [2.24, 2.45) is 0 Å². The molecule has 1 aromatic heterocycles. The van der Waals surface area contributed by atoms with Crippen LogP contribution in [0.5, 0.6) is 0 Å². The number of rotatable bonds is 6. The van der Waals surface area contributed by atoms with Crippen LogP contribution < -0.4 is 10.2 Å². The highest BCUT2D eigenvalue weighted by Gasteiger charge is 2.22. The summed E-state index contributed by atoms with van der Waals surface area (Å²) in [5.74, 6) is -0.0306. The van der Waals surface area contributed by atoms with Crippen molar-refractivity contribution in [3.63, 3.8) is 0 Å². The van der Waals surface area contributed by atoms with Crippen LogP contribution >= 0.6 is 23.1 Å². The Balaban J connectivity index is 1.44. The first-order valence-electron chi connectivity index (χ1n) is 8.59. The summed E-state index contributed by atoms with van der Waals surface area (Å²) in [6, 6.07) is 6.41. The summed E-state index contributed by atoms with van der Waals surface area (Å²) in [6.45, 7) is 4.46. The largest absolute Gasteiger partial charge is 0.368 e. The lowest BCUT2D eigenvalue weighted by Crippen LogP contribution is -2.49. The Labute approximate surface area is 164 Å². The molecule has 2 heterocycles. The van der Waals surface area contributed by atoms with E-state index in [9.17, 15) is 14.0 Å². The molecule has 1 aliphatic rings. The van der Waals surface area contributed by atoms with Gasteiger partial charge in [-0.1, -0.05) is 30.0 Å². The molecular formula is C17H20FN5O2S2. The second-order valence-electron chi connectivity index (χ2n) is 5.91. The highest BCUT2D eigenvalue weighted by atomic mass is 32.2. The van der Waals surface area contributed by atoms with Gasteiger partial charge in [0, 0.05) is 38.3 Å². The number of piperazine rings is 1. The monoisotopic (exact) mass is 409 g/mol. The van der Waals surface area contributed by atoms with Crippen LogP contribution in [0.1, 0.15) is 13.3 Å². The van der Waals surface area contributed by atoms with Crippen molar-refractivity contribution < 1.29 is 14.0 Å². The van der Waals surface area contributed by atoms with Crippen LogP contribution in [0.3, 0.4) is 0 Å². The number of benzene rings is 1. The maximum atomic E-state index is 13.0.